The van der Waals surface area contributed by atoms with E-state index < -0.39 is 0 Å². The average molecular weight is 541 g/mol. The number of thiocarbonyl (C=S) groups is 1. The average Bonchev–Trinajstić information content (AvgIpc) is 3.42. The molecule has 0 unspecified atom stereocenters. The number of rotatable bonds is 9. The number of nitrogens with zero attached hydrogens (tertiary/aromatic N) is 3. The van der Waals surface area contributed by atoms with Gasteiger partial charge >= 0.3 is 0 Å². The van der Waals surface area contributed by atoms with Gasteiger partial charge in [-0.25, -0.2) is 0 Å². The lowest BCUT2D eigenvalue weighted by Gasteiger charge is -2.13. The highest BCUT2D eigenvalue weighted by Gasteiger charge is 2.33. The van der Waals surface area contributed by atoms with Crippen LogP contribution in [-0.2, 0) is 9.59 Å². The van der Waals surface area contributed by atoms with E-state index in [1.54, 1.807) is 13.2 Å². The number of carbonyl (C=O) groups excluding carboxylic acids is 2. The molecule has 1 fully saturated rings. The van der Waals surface area contributed by atoms with Crippen molar-refractivity contribution in [3.05, 3.63) is 76.7 Å². The molecule has 2 heterocycles. The molecule has 0 radical (unpaired) electrons. The molecule has 1 saturated heterocycles. The second kappa shape index (κ2) is 12.1. The molecule has 11 heteroatoms. The van der Waals surface area contributed by atoms with Crippen LogP contribution in [0.3, 0.4) is 0 Å². The van der Waals surface area contributed by atoms with Gasteiger partial charge in [-0.1, -0.05) is 102 Å². The van der Waals surface area contributed by atoms with Gasteiger partial charge in [0, 0.05) is 5.75 Å². The first kappa shape index (κ1) is 25.1. The first-order valence-electron chi connectivity index (χ1n) is 10.4. The number of thioether (sulfide) groups is 2. The minimum atomic E-state index is -0.385. The minimum absolute atomic E-state index is 0.188. The monoisotopic (exact) mass is 540 g/mol. The number of hydrogen-bond donors (Lipinski definition) is 1. The summed E-state index contributed by atoms with van der Waals surface area (Å²) in [6.45, 7) is -0.188. The van der Waals surface area contributed by atoms with Crippen LogP contribution in [0.15, 0.2) is 69.9 Å². The topological polar surface area (TPSA) is 84.4 Å². The van der Waals surface area contributed by atoms with Crippen molar-refractivity contribution in [2.45, 2.75) is 4.34 Å². The van der Waals surface area contributed by atoms with Crippen LogP contribution in [-0.4, -0.2) is 50.6 Å². The fourth-order valence-electron chi connectivity index (χ4n) is 2.98. The van der Waals surface area contributed by atoms with Crippen LogP contribution >= 0.6 is 47.1 Å². The summed E-state index contributed by atoms with van der Waals surface area (Å²) in [6, 6.07) is 17.4. The second-order valence-corrected chi connectivity index (χ2v) is 11.0. The molecule has 2 aromatic carbocycles. The standard InChI is InChI=1S/C24H20N4O3S4/c1-31-18-11-9-17(10-12-18)14-19-21(30)28(24(32)34-19)15-20(29)25-22-26-27-23(35-22)33-13-5-8-16-6-3-2-4-7-16/h2-12,14H,13,15H2,1H3,(H,25,26,29)/b8-5+,19-14+. The van der Waals surface area contributed by atoms with E-state index in [-0.39, 0.29) is 18.4 Å². The van der Waals surface area contributed by atoms with Crippen LogP contribution in [0, 0.1) is 0 Å². The van der Waals surface area contributed by atoms with Gasteiger partial charge in [0.2, 0.25) is 11.0 Å². The van der Waals surface area contributed by atoms with Gasteiger partial charge in [-0.3, -0.25) is 19.8 Å². The summed E-state index contributed by atoms with van der Waals surface area (Å²) in [5, 5.41) is 11.2. The number of nitrogens with one attached hydrogen (secondary N) is 1. The Balaban J connectivity index is 1.28. The van der Waals surface area contributed by atoms with E-state index in [0.29, 0.717) is 14.4 Å². The molecule has 2 amide bonds. The summed E-state index contributed by atoms with van der Waals surface area (Å²) in [4.78, 5) is 27.1. The van der Waals surface area contributed by atoms with Crippen molar-refractivity contribution in [1.82, 2.24) is 15.1 Å². The normalized spacial score (nSPS) is 14.8. The predicted molar refractivity (Wildman–Crippen MR) is 148 cm³/mol. The number of anilines is 1. The molecule has 0 saturated carbocycles. The molecular weight excluding hydrogens is 521 g/mol. The zero-order chi connectivity index (χ0) is 24.6. The van der Waals surface area contributed by atoms with Gasteiger partial charge in [-0.15, -0.1) is 10.2 Å². The van der Waals surface area contributed by atoms with Gasteiger partial charge in [0.05, 0.1) is 12.0 Å². The summed E-state index contributed by atoms with van der Waals surface area (Å²) in [7, 11) is 1.59. The number of benzene rings is 2. The Morgan fingerprint density at radius 3 is 2.66 bits per heavy atom. The molecular formula is C24H20N4O3S4. The lowest BCUT2D eigenvalue weighted by Crippen LogP contribution is -2.36. The summed E-state index contributed by atoms with van der Waals surface area (Å²) >= 11 is 9.31. The Bertz CT molecular complexity index is 1270. The molecule has 0 atom stereocenters. The third kappa shape index (κ3) is 7.01. The van der Waals surface area contributed by atoms with Crippen molar-refractivity contribution in [2.24, 2.45) is 0 Å². The number of carbonyl (C=O) groups is 2. The highest BCUT2D eigenvalue weighted by Crippen LogP contribution is 2.33. The number of methoxy groups -OCH3 is 1. The Morgan fingerprint density at radius 1 is 1.14 bits per heavy atom. The maximum Gasteiger partial charge on any atom is 0.266 e. The third-order valence-corrected chi connectivity index (χ3v) is 7.96. The number of aromatic nitrogens is 2. The second-order valence-electron chi connectivity index (χ2n) is 7.09. The molecule has 3 aromatic rings. The zero-order valence-corrected chi connectivity index (χ0v) is 21.8. The van der Waals surface area contributed by atoms with Gasteiger partial charge in [-0.2, -0.15) is 0 Å². The molecule has 1 aliphatic heterocycles. The summed E-state index contributed by atoms with van der Waals surface area (Å²) in [5.41, 5.74) is 1.97. The van der Waals surface area contributed by atoms with E-state index in [1.807, 2.05) is 66.7 Å². The molecule has 1 aliphatic rings. The lowest BCUT2D eigenvalue weighted by molar-refractivity contribution is -0.126. The van der Waals surface area contributed by atoms with Crippen LogP contribution in [0.1, 0.15) is 11.1 Å². The van der Waals surface area contributed by atoms with Gasteiger partial charge in [0.25, 0.3) is 5.91 Å². The fourth-order valence-corrected chi connectivity index (χ4v) is 5.84. The van der Waals surface area contributed by atoms with Crippen LogP contribution in [0.2, 0.25) is 0 Å². The zero-order valence-electron chi connectivity index (χ0n) is 18.5. The van der Waals surface area contributed by atoms with E-state index in [9.17, 15) is 9.59 Å². The predicted octanol–water partition coefficient (Wildman–Crippen LogP) is 5.19. The van der Waals surface area contributed by atoms with E-state index in [2.05, 4.69) is 15.5 Å². The van der Waals surface area contributed by atoms with Crippen molar-refractivity contribution >= 4 is 80.5 Å². The first-order chi connectivity index (χ1) is 17.0. The molecule has 7 nitrogen and oxygen atoms in total. The summed E-state index contributed by atoms with van der Waals surface area (Å²) in [5.74, 6) is 0.774. The first-order valence-corrected chi connectivity index (χ1v) is 13.4. The van der Waals surface area contributed by atoms with Gasteiger partial charge in [0.1, 0.15) is 16.6 Å². The van der Waals surface area contributed by atoms with E-state index in [0.717, 1.165) is 27.0 Å². The Morgan fingerprint density at radius 2 is 1.91 bits per heavy atom. The van der Waals surface area contributed by atoms with Crippen LogP contribution in [0.5, 0.6) is 5.75 Å². The van der Waals surface area contributed by atoms with Crippen molar-refractivity contribution in [3.63, 3.8) is 0 Å². The third-order valence-electron chi connectivity index (χ3n) is 4.65. The van der Waals surface area contributed by atoms with Gasteiger partial charge in [-0.05, 0) is 29.3 Å². The van der Waals surface area contributed by atoms with Crippen molar-refractivity contribution < 1.29 is 14.3 Å². The molecule has 1 N–H and O–H groups in total. The highest BCUT2D eigenvalue weighted by molar-refractivity contribution is 8.26. The van der Waals surface area contributed by atoms with E-state index in [4.69, 9.17) is 17.0 Å². The van der Waals surface area contributed by atoms with Crippen molar-refractivity contribution in [1.29, 1.82) is 0 Å². The molecule has 0 spiro atoms. The highest BCUT2D eigenvalue weighted by atomic mass is 32.2. The largest absolute Gasteiger partial charge is 0.497 e. The lowest BCUT2D eigenvalue weighted by atomic mass is 10.2. The van der Waals surface area contributed by atoms with Crippen molar-refractivity contribution in [3.8, 4) is 5.75 Å². The van der Waals surface area contributed by atoms with E-state index in [1.165, 1.54) is 39.8 Å². The smallest absolute Gasteiger partial charge is 0.266 e. The number of hydrogen-bond acceptors (Lipinski definition) is 9. The Hall–Kier alpha value is -2.99. The minimum Gasteiger partial charge on any atom is -0.497 e. The van der Waals surface area contributed by atoms with Crippen LogP contribution in [0.4, 0.5) is 5.13 Å². The van der Waals surface area contributed by atoms with Crippen LogP contribution < -0.4 is 10.1 Å². The maximum absolute atomic E-state index is 12.8. The van der Waals surface area contributed by atoms with Crippen molar-refractivity contribution in [2.75, 3.05) is 24.7 Å². The molecule has 178 valence electrons. The van der Waals surface area contributed by atoms with Gasteiger partial charge in [0.15, 0.2) is 4.34 Å². The molecule has 35 heavy (non-hydrogen) atoms. The van der Waals surface area contributed by atoms with E-state index >= 15 is 0 Å². The fraction of sp³-hybridized carbons (Fsp3) is 0.125. The number of amides is 2. The number of ether oxygens (including phenoxy) is 1. The molecule has 0 bridgehead atoms. The SMILES string of the molecule is COc1ccc(/C=C2/SC(=S)N(CC(=O)Nc3nnc(SC/C=C/c4ccccc4)s3)C2=O)cc1. The van der Waals surface area contributed by atoms with Gasteiger partial charge < -0.3 is 4.74 Å². The Labute approximate surface area is 220 Å². The summed E-state index contributed by atoms with van der Waals surface area (Å²) in [6.07, 6.45) is 5.84. The quantitative estimate of drug-likeness (QED) is 0.172. The Kier molecular flexibility index (Phi) is 8.69. The summed E-state index contributed by atoms with van der Waals surface area (Å²) < 4.78 is 6.23. The van der Waals surface area contributed by atoms with Crippen LogP contribution in [0.25, 0.3) is 12.2 Å². The molecule has 1 aromatic heterocycles. The maximum atomic E-state index is 12.8. The molecule has 0 aliphatic carbocycles. The molecule has 4 rings (SSSR count).